The third-order valence-corrected chi connectivity index (χ3v) is 9.18. The van der Waals surface area contributed by atoms with Crippen molar-refractivity contribution in [1.82, 2.24) is 0 Å². The molecule has 3 rings (SSSR count). The molecule has 0 aromatic carbocycles. The Balaban J connectivity index is 1.86. The molecule has 3 saturated carbocycles. The van der Waals surface area contributed by atoms with Crippen LogP contribution in [0.5, 0.6) is 0 Å². The summed E-state index contributed by atoms with van der Waals surface area (Å²) < 4.78 is 0. The molecule has 0 saturated heterocycles. The van der Waals surface area contributed by atoms with Crippen LogP contribution in [0.4, 0.5) is 0 Å². The van der Waals surface area contributed by atoms with Gasteiger partial charge in [-0.1, -0.05) is 69.7 Å². The molecule has 4 heteroatoms. The van der Waals surface area contributed by atoms with E-state index in [9.17, 15) is 14.4 Å². The van der Waals surface area contributed by atoms with E-state index in [-0.39, 0.29) is 33.5 Å². The number of rotatable bonds is 5. The van der Waals surface area contributed by atoms with Crippen LogP contribution in [0.3, 0.4) is 0 Å². The van der Waals surface area contributed by atoms with E-state index in [1.165, 1.54) is 0 Å². The van der Waals surface area contributed by atoms with Gasteiger partial charge in [0.1, 0.15) is 5.78 Å². The molecule has 0 spiro atoms. The van der Waals surface area contributed by atoms with Crippen molar-refractivity contribution >= 4 is 17.5 Å². The van der Waals surface area contributed by atoms with E-state index < -0.39 is 5.97 Å². The lowest BCUT2D eigenvalue weighted by Crippen LogP contribution is -2.56. The molecule has 184 valence electrons. The van der Waals surface area contributed by atoms with Crippen molar-refractivity contribution < 1.29 is 19.5 Å². The highest BCUT2D eigenvalue weighted by Gasteiger charge is 2.64. The van der Waals surface area contributed by atoms with E-state index in [1.807, 2.05) is 38.2 Å². The van der Waals surface area contributed by atoms with Crippen LogP contribution in [0.2, 0.25) is 0 Å². The fourth-order valence-corrected chi connectivity index (χ4v) is 7.28. The average Bonchev–Trinajstić information content (AvgIpc) is 3.02. The summed E-state index contributed by atoms with van der Waals surface area (Å²) in [6, 6.07) is 0. The summed E-state index contributed by atoms with van der Waals surface area (Å²) in [7, 11) is 0. The lowest BCUT2D eigenvalue weighted by Gasteiger charge is -2.60. The molecule has 0 amide bonds. The van der Waals surface area contributed by atoms with Crippen LogP contribution < -0.4 is 0 Å². The second-order valence-corrected chi connectivity index (χ2v) is 11.7. The minimum absolute atomic E-state index is 0.00863. The standard InChI is InChI=1S/C30H40O4/c1-19(11-9-13-21(3)27(33)34)10-8-12-20(2)26-22(31)18-24-29(6)17-15-25(32)28(4,5)23(29)14-16-30(24,26)7/h8-13,23-24H,14-18H2,1-7H3,(H,33,34)/b11-9+,12-8+,19-10+,21-13-,26-20-/t23-,24-,29-,30-/m0/s1. The van der Waals surface area contributed by atoms with Crippen molar-refractivity contribution in [2.24, 2.45) is 28.1 Å². The van der Waals surface area contributed by atoms with Crippen molar-refractivity contribution in [2.45, 2.75) is 80.6 Å². The number of hydrogen-bond donors (Lipinski definition) is 1. The molecule has 0 heterocycles. The van der Waals surface area contributed by atoms with Gasteiger partial charge in [0.2, 0.25) is 0 Å². The lowest BCUT2D eigenvalue weighted by molar-refractivity contribution is -0.154. The zero-order valence-corrected chi connectivity index (χ0v) is 21.8. The molecule has 1 N–H and O–H groups in total. The van der Waals surface area contributed by atoms with Crippen molar-refractivity contribution in [2.75, 3.05) is 0 Å². The SMILES string of the molecule is C/C(=C/C=C/C(C)=C/C=C/C(C)=C1/C(=O)C[C@H]2[C@@]3(C)CCC(=O)C(C)(C)[C@@H]3CC[C@]12C)C(=O)O. The van der Waals surface area contributed by atoms with Crippen LogP contribution in [-0.2, 0) is 14.4 Å². The molecule has 3 aliphatic carbocycles. The summed E-state index contributed by atoms with van der Waals surface area (Å²) in [4.78, 5) is 36.9. The summed E-state index contributed by atoms with van der Waals surface area (Å²) in [6.45, 7) is 14.4. The fraction of sp³-hybridized carbons (Fsp3) is 0.567. The van der Waals surface area contributed by atoms with Gasteiger partial charge in [-0.2, -0.15) is 0 Å². The largest absolute Gasteiger partial charge is 0.478 e. The zero-order chi connectivity index (χ0) is 25.5. The molecule has 3 fully saturated rings. The van der Waals surface area contributed by atoms with Gasteiger partial charge in [-0.3, -0.25) is 9.59 Å². The topological polar surface area (TPSA) is 71.4 Å². The molecule has 0 aliphatic heterocycles. The number of Topliss-reactive ketones (excluding diaryl/α,β-unsaturated/α-hetero) is 2. The molecule has 3 aliphatic rings. The zero-order valence-electron chi connectivity index (χ0n) is 21.8. The number of fused-ring (bicyclic) bond motifs is 3. The molecule has 0 unspecified atom stereocenters. The third-order valence-electron chi connectivity index (χ3n) is 9.18. The maximum Gasteiger partial charge on any atom is 0.331 e. The number of carboxylic acids is 1. The monoisotopic (exact) mass is 464 g/mol. The maximum absolute atomic E-state index is 13.3. The average molecular weight is 465 g/mol. The number of hydrogen-bond acceptors (Lipinski definition) is 3. The predicted octanol–water partition coefficient (Wildman–Crippen LogP) is 6.79. The highest BCUT2D eigenvalue weighted by molar-refractivity contribution is 6.01. The quantitative estimate of drug-likeness (QED) is 0.359. The van der Waals surface area contributed by atoms with E-state index in [0.717, 1.165) is 36.0 Å². The summed E-state index contributed by atoms with van der Waals surface area (Å²) in [5.74, 6) is 0.330. The summed E-state index contributed by atoms with van der Waals surface area (Å²) in [5, 5.41) is 8.92. The number of ketones is 2. The second kappa shape index (κ2) is 9.28. The molecule has 0 radical (unpaired) electrons. The number of carbonyl (C=O) groups excluding carboxylic acids is 2. The van der Waals surface area contributed by atoms with Crippen LogP contribution in [0, 0.1) is 28.1 Å². The normalized spacial score (nSPS) is 35.6. The van der Waals surface area contributed by atoms with Gasteiger partial charge < -0.3 is 5.11 Å². The molecule has 0 aromatic rings. The van der Waals surface area contributed by atoms with Crippen LogP contribution >= 0.6 is 0 Å². The Kier molecular flexibility index (Phi) is 7.13. The van der Waals surface area contributed by atoms with Gasteiger partial charge in [0, 0.05) is 34.8 Å². The molecular weight excluding hydrogens is 424 g/mol. The van der Waals surface area contributed by atoms with Crippen molar-refractivity contribution in [1.29, 1.82) is 0 Å². The number of aliphatic carboxylic acids is 1. The molecule has 0 bridgehead atoms. The van der Waals surface area contributed by atoms with Crippen molar-refractivity contribution in [3.8, 4) is 0 Å². The van der Waals surface area contributed by atoms with Crippen LogP contribution in [0.25, 0.3) is 0 Å². The van der Waals surface area contributed by atoms with Crippen molar-refractivity contribution in [3.63, 3.8) is 0 Å². The van der Waals surface area contributed by atoms with Crippen molar-refractivity contribution in [3.05, 3.63) is 58.7 Å². The van der Waals surface area contributed by atoms with Gasteiger partial charge in [0.15, 0.2) is 5.78 Å². The Hall–Kier alpha value is -2.49. The lowest BCUT2D eigenvalue weighted by atomic mass is 9.43. The van der Waals surface area contributed by atoms with E-state index in [4.69, 9.17) is 5.11 Å². The van der Waals surface area contributed by atoms with E-state index in [0.29, 0.717) is 24.5 Å². The summed E-state index contributed by atoms with van der Waals surface area (Å²) >= 11 is 0. The van der Waals surface area contributed by atoms with E-state index in [1.54, 1.807) is 19.1 Å². The smallest absolute Gasteiger partial charge is 0.331 e. The van der Waals surface area contributed by atoms with Gasteiger partial charge in [0.05, 0.1) is 0 Å². The van der Waals surface area contributed by atoms with Crippen LogP contribution in [0.15, 0.2) is 58.7 Å². The molecular formula is C30H40O4. The highest BCUT2D eigenvalue weighted by Crippen LogP contribution is 2.68. The van der Waals surface area contributed by atoms with Gasteiger partial charge >= 0.3 is 5.97 Å². The Bertz CT molecular complexity index is 1050. The minimum atomic E-state index is -0.923. The first-order valence-corrected chi connectivity index (χ1v) is 12.5. The highest BCUT2D eigenvalue weighted by atomic mass is 16.4. The predicted molar refractivity (Wildman–Crippen MR) is 136 cm³/mol. The molecule has 4 atom stereocenters. The van der Waals surface area contributed by atoms with Crippen LogP contribution in [-0.4, -0.2) is 22.6 Å². The first kappa shape index (κ1) is 26.1. The Morgan fingerprint density at radius 1 is 0.941 bits per heavy atom. The fourth-order valence-electron chi connectivity index (χ4n) is 7.28. The molecule has 34 heavy (non-hydrogen) atoms. The van der Waals surface area contributed by atoms with Crippen LogP contribution in [0.1, 0.15) is 80.6 Å². The Labute approximate surface area is 204 Å². The minimum Gasteiger partial charge on any atom is -0.478 e. The first-order chi connectivity index (χ1) is 15.7. The second-order valence-electron chi connectivity index (χ2n) is 11.7. The maximum atomic E-state index is 13.3. The summed E-state index contributed by atoms with van der Waals surface area (Å²) in [6.07, 6.45) is 15.2. The third kappa shape index (κ3) is 4.44. The Morgan fingerprint density at radius 2 is 1.59 bits per heavy atom. The summed E-state index contributed by atoms with van der Waals surface area (Å²) in [5.41, 5.74) is 2.83. The van der Waals surface area contributed by atoms with E-state index in [2.05, 4.69) is 27.7 Å². The van der Waals surface area contributed by atoms with Gasteiger partial charge in [0.25, 0.3) is 0 Å². The number of carbonyl (C=O) groups is 3. The molecule has 4 nitrogen and oxygen atoms in total. The van der Waals surface area contributed by atoms with Gasteiger partial charge in [-0.05, 0) is 62.9 Å². The number of allylic oxidation sites excluding steroid dienone is 9. The van der Waals surface area contributed by atoms with Gasteiger partial charge in [-0.15, -0.1) is 0 Å². The van der Waals surface area contributed by atoms with Gasteiger partial charge in [-0.25, -0.2) is 4.79 Å². The number of carboxylic acid groups (broad SMARTS) is 1. The molecule has 0 aromatic heterocycles. The first-order valence-electron chi connectivity index (χ1n) is 12.5. The Morgan fingerprint density at radius 3 is 2.24 bits per heavy atom. The van der Waals surface area contributed by atoms with E-state index >= 15 is 0 Å².